The van der Waals surface area contributed by atoms with Crippen LogP contribution in [0.3, 0.4) is 0 Å². The number of nitrogens with zero attached hydrogens (tertiary/aromatic N) is 3. The molecule has 1 N–H and O–H groups in total. The van der Waals surface area contributed by atoms with E-state index in [4.69, 9.17) is 9.72 Å². The predicted octanol–water partition coefficient (Wildman–Crippen LogP) is 4.23. The Balaban J connectivity index is 1.89. The van der Waals surface area contributed by atoms with E-state index in [9.17, 15) is 0 Å². The van der Waals surface area contributed by atoms with Gasteiger partial charge in [0.1, 0.15) is 11.4 Å². The number of rotatable bonds is 4. The molecular formula is C20H25N4OS+. The van der Waals surface area contributed by atoms with Gasteiger partial charge < -0.3 is 4.74 Å². The second-order valence-corrected chi connectivity index (χ2v) is 7.93. The van der Waals surface area contributed by atoms with E-state index in [2.05, 4.69) is 46.6 Å². The van der Waals surface area contributed by atoms with Crippen LogP contribution in [0.15, 0.2) is 36.7 Å². The number of aromatic nitrogens is 3. The molecule has 6 heteroatoms. The van der Waals surface area contributed by atoms with Crippen LogP contribution in [0, 0.1) is 0 Å². The van der Waals surface area contributed by atoms with Crippen LogP contribution in [0.2, 0.25) is 0 Å². The molecule has 3 aromatic rings. The molecule has 1 aromatic carbocycles. The van der Waals surface area contributed by atoms with Gasteiger partial charge in [0.15, 0.2) is 0 Å². The van der Waals surface area contributed by atoms with Crippen molar-refractivity contribution < 1.29 is 9.30 Å². The van der Waals surface area contributed by atoms with Gasteiger partial charge in [-0.05, 0) is 30.9 Å². The summed E-state index contributed by atoms with van der Waals surface area (Å²) in [4.78, 5) is 6.00. The number of hydrogen-bond acceptors (Lipinski definition) is 4. The Morgan fingerprint density at radius 3 is 2.88 bits per heavy atom. The molecular weight excluding hydrogens is 344 g/mol. The predicted molar refractivity (Wildman–Crippen MR) is 105 cm³/mol. The molecule has 26 heavy (non-hydrogen) atoms. The van der Waals surface area contributed by atoms with Crippen molar-refractivity contribution in [1.29, 1.82) is 0 Å². The summed E-state index contributed by atoms with van der Waals surface area (Å²) in [5.41, 5.74) is 2.27. The lowest BCUT2D eigenvalue weighted by molar-refractivity contribution is -0.579. The molecule has 0 radical (unpaired) electrons. The summed E-state index contributed by atoms with van der Waals surface area (Å²) in [5.74, 6) is 2.49. The molecule has 5 nitrogen and oxygen atoms in total. The molecule has 2 aromatic heterocycles. The molecule has 136 valence electrons. The minimum absolute atomic E-state index is 0.490. The van der Waals surface area contributed by atoms with E-state index in [-0.39, 0.29) is 0 Å². The largest absolute Gasteiger partial charge is 0.496 e. The molecule has 0 saturated carbocycles. The molecule has 0 bridgehead atoms. The van der Waals surface area contributed by atoms with Crippen LogP contribution >= 0.6 is 11.3 Å². The number of thiazole rings is 1. The van der Waals surface area contributed by atoms with E-state index in [0.717, 1.165) is 47.6 Å². The summed E-state index contributed by atoms with van der Waals surface area (Å²) >= 11 is 1.76. The first-order chi connectivity index (χ1) is 12.7. The van der Waals surface area contributed by atoms with Crippen molar-refractivity contribution in [3.05, 3.63) is 41.5 Å². The fourth-order valence-corrected chi connectivity index (χ4v) is 4.27. The lowest BCUT2D eigenvalue weighted by Crippen LogP contribution is -2.32. The molecule has 0 unspecified atom stereocenters. The molecule has 1 aliphatic heterocycles. The number of benzene rings is 1. The van der Waals surface area contributed by atoms with Gasteiger partial charge in [0.2, 0.25) is 0 Å². The highest BCUT2D eigenvalue weighted by Gasteiger charge is 2.27. The van der Waals surface area contributed by atoms with Crippen molar-refractivity contribution in [2.45, 2.75) is 39.2 Å². The van der Waals surface area contributed by atoms with E-state index in [1.807, 2.05) is 18.3 Å². The Hall–Kier alpha value is -2.34. The van der Waals surface area contributed by atoms with E-state index in [1.165, 1.54) is 11.3 Å². The average Bonchev–Trinajstić information content (AvgIpc) is 3.20. The van der Waals surface area contributed by atoms with Crippen molar-refractivity contribution >= 4 is 17.3 Å². The lowest BCUT2D eigenvalue weighted by Gasteiger charge is -2.08. The Morgan fingerprint density at radius 2 is 2.12 bits per heavy atom. The SMILES string of the molecule is COc1ccccc1-c1c[n+](-c2ncc(C(C)C)s2)c2n1CCCCN2. The third kappa shape index (κ3) is 2.98. The van der Waals surface area contributed by atoms with Crippen molar-refractivity contribution in [1.82, 2.24) is 9.55 Å². The van der Waals surface area contributed by atoms with Crippen LogP contribution in [-0.4, -0.2) is 23.2 Å². The highest BCUT2D eigenvalue weighted by molar-refractivity contribution is 7.13. The Morgan fingerprint density at radius 1 is 1.27 bits per heavy atom. The average molecular weight is 370 g/mol. The topological polar surface area (TPSA) is 43.0 Å². The zero-order valence-corrected chi connectivity index (χ0v) is 16.3. The third-order valence-corrected chi connectivity index (χ3v) is 6.08. The number of anilines is 1. The summed E-state index contributed by atoms with van der Waals surface area (Å²) in [6.07, 6.45) is 6.52. The summed E-state index contributed by atoms with van der Waals surface area (Å²) in [7, 11) is 1.73. The van der Waals surface area contributed by atoms with Gasteiger partial charge in [-0.3, -0.25) is 5.32 Å². The molecule has 0 atom stereocenters. The van der Waals surface area contributed by atoms with E-state index >= 15 is 0 Å². The Labute approximate surface area is 158 Å². The van der Waals surface area contributed by atoms with Gasteiger partial charge >= 0.3 is 5.95 Å². The van der Waals surface area contributed by atoms with Crippen molar-refractivity contribution in [2.75, 3.05) is 19.0 Å². The molecule has 0 aliphatic carbocycles. The second kappa shape index (κ2) is 7.11. The maximum Gasteiger partial charge on any atom is 0.322 e. The first-order valence-corrected chi connectivity index (χ1v) is 9.99. The normalized spacial score (nSPS) is 14.0. The zero-order valence-electron chi connectivity index (χ0n) is 15.5. The van der Waals surface area contributed by atoms with Crippen LogP contribution in [0.1, 0.15) is 37.5 Å². The van der Waals surface area contributed by atoms with Crippen molar-refractivity contribution in [3.8, 4) is 22.1 Å². The number of ether oxygens (including phenoxy) is 1. The first kappa shape index (κ1) is 17.1. The molecule has 4 rings (SSSR count). The molecule has 3 heterocycles. The number of imidazole rings is 1. The van der Waals surface area contributed by atoms with Gasteiger partial charge in [-0.25, -0.2) is 4.57 Å². The minimum atomic E-state index is 0.490. The standard InChI is InChI=1S/C20H24N4OS/c1-14(2)18-12-22-20(26-18)24-13-16(15-8-4-5-9-17(15)25-3)23-11-7-6-10-21-19(23)24/h4-5,8-9,12-14H,6-7,10-11H2,1-3H3/p+1. The first-order valence-electron chi connectivity index (χ1n) is 9.17. The van der Waals surface area contributed by atoms with Crippen LogP contribution in [-0.2, 0) is 6.54 Å². The summed E-state index contributed by atoms with van der Waals surface area (Å²) < 4.78 is 10.2. The van der Waals surface area contributed by atoms with Gasteiger partial charge in [0.05, 0.1) is 38.2 Å². The zero-order chi connectivity index (χ0) is 18.1. The number of hydrogen-bond donors (Lipinski definition) is 1. The summed E-state index contributed by atoms with van der Waals surface area (Å²) in [6.45, 7) is 6.39. The number of fused-ring (bicyclic) bond motifs is 1. The van der Waals surface area contributed by atoms with Crippen LogP contribution in [0.5, 0.6) is 5.75 Å². The lowest BCUT2D eigenvalue weighted by atomic mass is 10.1. The quantitative estimate of drug-likeness (QED) is 0.700. The smallest absolute Gasteiger partial charge is 0.322 e. The van der Waals surface area contributed by atoms with Crippen LogP contribution in [0.25, 0.3) is 16.4 Å². The maximum absolute atomic E-state index is 5.62. The van der Waals surface area contributed by atoms with Crippen molar-refractivity contribution in [3.63, 3.8) is 0 Å². The maximum atomic E-state index is 5.62. The molecule has 0 fully saturated rings. The summed E-state index contributed by atoms with van der Waals surface area (Å²) in [5, 5.41) is 4.62. The molecule has 0 saturated heterocycles. The van der Waals surface area contributed by atoms with Gasteiger partial charge in [0, 0.05) is 4.88 Å². The fraction of sp³-hybridized carbons (Fsp3) is 0.400. The summed E-state index contributed by atoms with van der Waals surface area (Å²) in [6, 6.07) is 8.21. The highest BCUT2D eigenvalue weighted by Crippen LogP contribution is 2.33. The highest BCUT2D eigenvalue weighted by atomic mass is 32.1. The molecule has 0 spiro atoms. The monoisotopic (exact) mass is 369 g/mol. The van der Waals surface area contributed by atoms with Gasteiger partial charge in [-0.1, -0.05) is 37.3 Å². The van der Waals surface area contributed by atoms with E-state index in [1.54, 1.807) is 18.4 Å². The van der Waals surface area contributed by atoms with Crippen LogP contribution < -0.4 is 14.6 Å². The van der Waals surface area contributed by atoms with Gasteiger partial charge in [0.25, 0.3) is 5.13 Å². The Bertz CT molecular complexity index is 912. The molecule has 1 aliphatic rings. The van der Waals surface area contributed by atoms with E-state index < -0.39 is 0 Å². The number of para-hydroxylation sites is 1. The Kier molecular flexibility index (Phi) is 4.68. The minimum Gasteiger partial charge on any atom is -0.496 e. The second-order valence-electron chi connectivity index (χ2n) is 6.89. The molecule has 0 amide bonds. The number of nitrogens with one attached hydrogen (secondary N) is 1. The van der Waals surface area contributed by atoms with Gasteiger partial charge in [-0.15, -0.1) is 4.98 Å². The van der Waals surface area contributed by atoms with Gasteiger partial charge in [-0.2, -0.15) is 4.57 Å². The van der Waals surface area contributed by atoms with Crippen molar-refractivity contribution in [2.24, 2.45) is 0 Å². The third-order valence-electron chi connectivity index (χ3n) is 4.79. The van der Waals surface area contributed by atoms with E-state index in [0.29, 0.717) is 5.92 Å². The van der Waals surface area contributed by atoms with Crippen LogP contribution in [0.4, 0.5) is 5.95 Å². The number of methoxy groups -OCH3 is 1. The fourth-order valence-electron chi connectivity index (χ4n) is 3.37.